The second-order valence-corrected chi connectivity index (χ2v) is 4.99. The molecule has 2 aromatic carbocycles. The van der Waals surface area contributed by atoms with Gasteiger partial charge in [-0.2, -0.15) is 4.39 Å². The second-order valence-electron chi connectivity index (χ2n) is 4.99. The molecule has 0 amide bonds. The van der Waals surface area contributed by atoms with Gasteiger partial charge in [-0.1, -0.05) is 24.8 Å². The van der Waals surface area contributed by atoms with Crippen LogP contribution in [0, 0.1) is 17.5 Å². The van der Waals surface area contributed by atoms with Gasteiger partial charge in [0, 0.05) is 6.54 Å². The average Bonchev–Trinajstić information content (AvgIpc) is 2.64. The van der Waals surface area contributed by atoms with Gasteiger partial charge in [-0.3, -0.25) is 4.79 Å². The van der Waals surface area contributed by atoms with Gasteiger partial charge in [-0.05, 0) is 36.0 Å². The summed E-state index contributed by atoms with van der Waals surface area (Å²) in [6.45, 7) is 3.69. The molecule has 0 saturated heterocycles. The number of nitrogens with one attached hydrogen (secondary N) is 3. The van der Waals surface area contributed by atoms with Crippen molar-refractivity contribution in [3.8, 4) is 5.75 Å². The van der Waals surface area contributed by atoms with Crippen molar-refractivity contribution in [2.45, 2.75) is 6.54 Å². The summed E-state index contributed by atoms with van der Waals surface area (Å²) in [4.78, 5) is 16.3. The molecule has 0 aliphatic carbocycles. The first-order chi connectivity index (χ1) is 12.5. The maximum absolute atomic E-state index is 13.6. The minimum Gasteiger partial charge on any atom is -0.377 e. The van der Waals surface area contributed by atoms with Crippen molar-refractivity contribution in [1.29, 1.82) is 0 Å². The van der Waals surface area contributed by atoms with Crippen LogP contribution in [0.2, 0.25) is 0 Å². The van der Waals surface area contributed by atoms with E-state index in [4.69, 9.17) is 4.84 Å². The van der Waals surface area contributed by atoms with E-state index in [1.54, 1.807) is 12.1 Å². The molecule has 0 aliphatic rings. The third-order valence-electron chi connectivity index (χ3n) is 3.21. The Morgan fingerprint density at radius 1 is 1.12 bits per heavy atom. The van der Waals surface area contributed by atoms with E-state index in [0.717, 1.165) is 11.6 Å². The summed E-state index contributed by atoms with van der Waals surface area (Å²) in [5.74, 6) is -2.99. The maximum atomic E-state index is 13.6. The molecule has 0 saturated carbocycles. The lowest BCUT2D eigenvalue weighted by Gasteiger charge is -2.16. The van der Waals surface area contributed by atoms with Gasteiger partial charge in [-0.25, -0.2) is 14.3 Å². The van der Waals surface area contributed by atoms with Crippen molar-refractivity contribution in [2.75, 3.05) is 0 Å². The summed E-state index contributed by atoms with van der Waals surface area (Å²) in [5, 5.41) is 5.44. The number of allylic oxidation sites excluding steroid dienone is 1. The molecule has 3 N–H and O–H groups in total. The molecule has 0 heterocycles. The first kappa shape index (κ1) is 18.9. The number of rotatable bonds is 9. The van der Waals surface area contributed by atoms with E-state index in [2.05, 4.69) is 22.7 Å². The number of carbonyl (C=O) groups is 1. The van der Waals surface area contributed by atoms with Gasteiger partial charge >= 0.3 is 0 Å². The molecule has 0 bridgehead atoms. The van der Waals surface area contributed by atoms with Gasteiger partial charge in [0.05, 0.1) is 0 Å². The molecule has 8 heteroatoms. The Kier molecular flexibility index (Phi) is 6.67. The average molecular weight is 363 g/mol. The number of hydrogen-bond acceptors (Lipinski definition) is 5. The van der Waals surface area contributed by atoms with E-state index < -0.39 is 17.4 Å². The molecule has 0 aliphatic heterocycles. The Hall–Kier alpha value is -3.42. The molecule has 0 spiro atoms. The van der Waals surface area contributed by atoms with E-state index in [1.165, 1.54) is 30.5 Å². The fraction of sp³-hybridized carbons (Fsp3) is 0.0556. The van der Waals surface area contributed by atoms with E-state index in [9.17, 15) is 18.0 Å². The van der Waals surface area contributed by atoms with Crippen molar-refractivity contribution in [3.63, 3.8) is 0 Å². The van der Waals surface area contributed by atoms with Crippen LogP contribution >= 0.6 is 0 Å². The summed E-state index contributed by atoms with van der Waals surface area (Å²) in [5.41, 5.74) is 3.09. The van der Waals surface area contributed by atoms with Crippen LogP contribution in [-0.2, 0) is 11.3 Å². The van der Waals surface area contributed by atoms with Crippen LogP contribution in [0.3, 0.4) is 0 Å². The smallest absolute Gasteiger partial charge is 0.203 e. The minimum atomic E-state index is -1.18. The van der Waals surface area contributed by atoms with Gasteiger partial charge in [0.1, 0.15) is 11.5 Å². The van der Waals surface area contributed by atoms with E-state index in [1.807, 2.05) is 0 Å². The highest BCUT2D eigenvalue weighted by atomic mass is 19.2. The summed E-state index contributed by atoms with van der Waals surface area (Å²) >= 11 is 0. The van der Waals surface area contributed by atoms with E-state index >= 15 is 0 Å². The lowest BCUT2D eigenvalue weighted by molar-refractivity contribution is -0.105. The topological polar surface area (TPSA) is 62.4 Å². The predicted molar refractivity (Wildman–Crippen MR) is 89.8 cm³/mol. The second kappa shape index (κ2) is 9.16. The van der Waals surface area contributed by atoms with Gasteiger partial charge in [-0.15, -0.1) is 0 Å². The molecule has 26 heavy (non-hydrogen) atoms. The Labute approximate surface area is 148 Å². The van der Waals surface area contributed by atoms with E-state index in [0.29, 0.717) is 6.29 Å². The van der Waals surface area contributed by atoms with Crippen molar-refractivity contribution >= 4 is 6.29 Å². The Morgan fingerprint density at radius 3 is 2.50 bits per heavy atom. The third-order valence-corrected chi connectivity index (χ3v) is 3.21. The molecule has 5 nitrogen and oxygen atoms in total. The van der Waals surface area contributed by atoms with Crippen LogP contribution in [0.25, 0.3) is 0 Å². The van der Waals surface area contributed by atoms with Crippen molar-refractivity contribution in [2.24, 2.45) is 0 Å². The lowest BCUT2D eigenvalue weighted by atomic mass is 10.2. The SMILES string of the molecule is C=CN/C(NOc1cccc(F)c1F)=C(\C=O)NCc1ccc(F)cc1. The Bertz CT molecular complexity index is 808. The predicted octanol–water partition coefficient (Wildman–Crippen LogP) is 2.88. The van der Waals surface area contributed by atoms with Crippen LogP contribution in [0.1, 0.15) is 5.56 Å². The molecule has 0 atom stereocenters. The molecule has 136 valence electrons. The van der Waals surface area contributed by atoms with Gasteiger partial charge in [0.15, 0.2) is 23.7 Å². The molecule has 0 aromatic heterocycles. The van der Waals surface area contributed by atoms with Crippen molar-refractivity contribution in [1.82, 2.24) is 16.1 Å². The highest BCUT2D eigenvalue weighted by Gasteiger charge is 2.11. The highest BCUT2D eigenvalue weighted by molar-refractivity contribution is 5.73. The van der Waals surface area contributed by atoms with Gasteiger partial charge < -0.3 is 15.5 Å². The molecule has 0 unspecified atom stereocenters. The zero-order chi connectivity index (χ0) is 18.9. The molecule has 0 fully saturated rings. The summed E-state index contributed by atoms with van der Waals surface area (Å²) in [6.07, 6.45) is 1.75. The lowest BCUT2D eigenvalue weighted by Crippen LogP contribution is -2.32. The number of carbonyl (C=O) groups excluding carboxylic acids is 1. The van der Waals surface area contributed by atoms with E-state index in [-0.39, 0.29) is 23.9 Å². The first-order valence-electron chi connectivity index (χ1n) is 7.47. The fourth-order valence-corrected chi connectivity index (χ4v) is 1.92. The van der Waals surface area contributed by atoms with Gasteiger partial charge in [0.25, 0.3) is 0 Å². The summed E-state index contributed by atoms with van der Waals surface area (Å²) < 4.78 is 39.7. The standard InChI is InChI=1S/C18H16F3N3O2/c1-2-22-18(24-26-16-5-3-4-14(20)17(16)21)15(11-25)23-10-12-6-8-13(19)9-7-12/h2-9,11,22-24H,1,10H2/b18-15-. The number of aldehydes is 1. The summed E-state index contributed by atoms with van der Waals surface area (Å²) in [6, 6.07) is 9.12. The number of benzene rings is 2. The number of hydroxylamine groups is 1. The van der Waals surface area contributed by atoms with Crippen molar-refractivity contribution < 1.29 is 22.8 Å². The highest BCUT2D eigenvalue weighted by Crippen LogP contribution is 2.18. The quantitative estimate of drug-likeness (QED) is 0.363. The van der Waals surface area contributed by atoms with Gasteiger partial charge in [0.2, 0.25) is 5.82 Å². The normalized spacial score (nSPS) is 11.2. The molecule has 0 radical (unpaired) electrons. The van der Waals surface area contributed by atoms with Crippen LogP contribution < -0.4 is 21.0 Å². The third kappa shape index (κ3) is 5.04. The van der Waals surface area contributed by atoms with Crippen LogP contribution in [0.4, 0.5) is 13.2 Å². The zero-order valence-corrected chi connectivity index (χ0v) is 13.6. The fourth-order valence-electron chi connectivity index (χ4n) is 1.92. The molecular weight excluding hydrogens is 347 g/mol. The molecule has 2 rings (SSSR count). The maximum Gasteiger partial charge on any atom is 0.203 e. The Morgan fingerprint density at radius 2 is 1.85 bits per heavy atom. The minimum absolute atomic E-state index is 0.0285. The number of halogens is 3. The first-order valence-corrected chi connectivity index (χ1v) is 7.47. The number of hydrogen-bond donors (Lipinski definition) is 3. The van der Waals surface area contributed by atoms with Crippen LogP contribution in [0.5, 0.6) is 5.75 Å². The monoisotopic (exact) mass is 363 g/mol. The van der Waals surface area contributed by atoms with Crippen LogP contribution in [-0.4, -0.2) is 6.29 Å². The summed E-state index contributed by atoms with van der Waals surface area (Å²) in [7, 11) is 0. The Balaban J connectivity index is 2.11. The van der Waals surface area contributed by atoms with Crippen LogP contribution in [0.15, 0.2) is 66.8 Å². The molecular formula is C18H16F3N3O2. The van der Waals surface area contributed by atoms with Crippen molar-refractivity contribution in [3.05, 3.63) is 89.8 Å². The molecule has 2 aromatic rings. The zero-order valence-electron chi connectivity index (χ0n) is 13.6. The largest absolute Gasteiger partial charge is 0.377 e.